The first-order chi connectivity index (χ1) is 4.85. The molecule has 0 aromatic heterocycles. The molecule has 1 atom stereocenters. The van der Waals surface area contributed by atoms with E-state index in [1.165, 1.54) is 0 Å². The molecule has 0 aliphatic carbocycles. The average molecular weight is 193 g/mol. The van der Waals surface area contributed by atoms with Crippen LogP contribution >= 0.6 is 33.8 Å². The molecule has 0 fully saturated rings. The number of thiocarbonyl (C=S) groups is 1. The van der Waals surface area contributed by atoms with Gasteiger partial charge in [0, 0.05) is 5.25 Å². The number of hydrogen-bond donors (Lipinski definition) is 0. The topological polar surface area (TPSA) is 12.4 Å². The van der Waals surface area contributed by atoms with Crippen LogP contribution in [-0.2, 0) is 0 Å². The van der Waals surface area contributed by atoms with Crippen LogP contribution in [0.25, 0.3) is 0 Å². The highest BCUT2D eigenvalue weighted by Gasteiger charge is 2.03. The molecule has 0 saturated heterocycles. The van der Waals surface area contributed by atoms with Crippen molar-refractivity contribution in [1.82, 2.24) is 0 Å². The van der Waals surface area contributed by atoms with Gasteiger partial charge in [0.05, 0.1) is 11.7 Å². The molecule has 0 amide bonds. The standard InChI is InChI=1S/C6H11NS3/c1-3-6(10-9-2)4-7-5-8/h6H,3-4H2,1-2H3/t6-/m1/s1. The van der Waals surface area contributed by atoms with Crippen molar-refractivity contribution in [1.29, 1.82) is 0 Å². The summed E-state index contributed by atoms with van der Waals surface area (Å²) in [5.41, 5.74) is 0. The summed E-state index contributed by atoms with van der Waals surface area (Å²) < 4.78 is 0. The molecule has 10 heavy (non-hydrogen) atoms. The van der Waals surface area contributed by atoms with E-state index in [0.717, 1.165) is 13.0 Å². The van der Waals surface area contributed by atoms with Crippen LogP contribution < -0.4 is 0 Å². The first-order valence-electron chi connectivity index (χ1n) is 3.08. The highest BCUT2D eigenvalue weighted by molar-refractivity contribution is 8.76. The monoisotopic (exact) mass is 193 g/mol. The fourth-order valence-corrected chi connectivity index (χ4v) is 2.53. The summed E-state index contributed by atoms with van der Waals surface area (Å²) >= 11 is 4.47. The minimum absolute atomic E-state index is 0.602. The maximum absolute atomic E-state index is 4.47. The van der Waals surface area contributed by atoms with E-state index in [4.69, 9.17) is 0 Å². The highest BCUT2D eigenvalue weighted by Crippen LogP contribution is 2.25. The summed E-state index contributed by atoms with van der Waals surface area (Å²) in [5, 5.41) is 2.98. The van der Waals surface area contributed by atoms with Gasteiger partial charge in [0.1, 0.15) is 0 Å². The molecule has 0 spiro atoms. The van der Waals surface area contributed by atoms with Crippen molar-refractivity contribution in [2.45, 2.75) is 18.6 Å². The molecule has 0 rings (SSSR count). The third-order valence-corrected chi connectivity index (χ3v) is 3.52. The second-order valence-electron chi connectivity index (χ2n) is 1.73. The molecule has 0 radical (unpaired) electrons. The Balaban J connectivity index is 3.48. The fourth-order valence-electron chi connectivity index (χ4n) is 0.503. The van der Waals surface area contributed by atoms with Crippen molar-refractivity contribution < 1.29 is 0 Å². The Morgan fingerprint density at radius 2 is 2.40 bits per heavy atom. The maximum atomic E-state index is 4.47. The zero-order valence-corrected chi connectivity index (χ0v) is 8.61. The predicted octanol–water partition coefficient (Wildman–Crippen LogP) is 2.88. The van der Waals surface area contributed by atoms with Crippen molar-refractivity contribution in [2.75, 3.05) is 12.8 Å². The predicted molar refractivity (Wildman–Crippen MR) is 55.1 cm³/mol. The first kappa shape index (κ1) is 10.5. The summed E-state index contributed by atoms with van der Waals surface area (Å²) in [6.07, 6.45) is 3.22. The summed E-state index contributed by atoms with van der Waals surface area (Å²) in [5.74, 6) is 0. The third-order valence-electron chi connectivity index (χ3n) is 1.05. The Bertz CT molecular complexity index is 120. The Morgan fingerprint density at radius 3 is 2.80 bits per heavy atom. The van der Waals surface area contributed by atoms with Crippen LogP contribution in [0, 0.1) is 0 Å². The quantitative estimate of drug-likeness (QED) is 0.378. The number of rotatable bonds is 5. The van der Waals surface area contributed by atoms with Crippen molar-refractivity contribution >= 4 is 39.0 Å². The van der Waals surface area contributed by atoms with Gasteiger partial charge < -0.3 is 0 Å². The zero-order valence-electron chi connectivity index (χ0n) is 6.16. The van der Waals surface area contributed by atoms with E-state index >= 15 is 0 Å². The Labute approximate surface area is 75.5 Å². The van der Waals surface area contributed by atoms with Gasteiger partial charge in [-0.25, -0.2) is 4.99 Å². The number of isothiocyanates is 1. The SMILES string of the molecule is CC[C@H](CN=C=S)SSC. The lowest BCUT2D eigenvalue weighted by molar-refractivity contribution is 0.836. The maximum Gasteiger partial charge on any atom is 0.0620 e. The lowest BCUT2D eigenvalue weighted by Gasteiger charge is -2.06. The largest absolute Gasteiger partial charge is 0.231 e. The summed E-state index contributed by atoms with van der Waals surface area (Å²) in [4.78, 5) is 3.89. The molecule has 0 bridgehead atoms. The van der Waals surface area contributed by atoms with Crippen molar-refractivity contribution in [3.63, 3.8) is 0 Å². The van der Waals surface area contributed by atoms with Crippen LogP contribution in [0.15, 0.2) is 4.99 Å². The Morgan fingerprint density at radius 1 is 1.70 bits per heavy atom. The van der Waals surface area contributed by atoms with Crippen LogP contribution in [0.2, 0.25) is 0 Å². The Kier molecular flexibility index (Phi) is 7.99. The van der Waals surface area contributed by atoms with Crippen LogP contribution in [0.3, 0.4) is 0 Å². The molecule has 0 aromatic carbocycles. The van der Waals surface area contributed by atoms with Gasteiger partial charge in [-0.3, -0.25) is 0 Å². The molecule has 1 nitrogen and oxygen atoms in total. The van der Waals surface area contributed by atoms with Gasteiger partial charge in [-0.2, -0.15) is 0 Å². The first-order valence-corrected chi connectivity index (χ1v) is 6.11. The number of hydrogen-bond acceptors (Lipinski definition) is 4. The van der Waals surface area contributed by atoms with Gasteiger partial charge in [0.15, 0.2) is 0 Å². The smallest absolute Gasteiger partial charge is 0.0620 e. The van der Waals surface area contributed by atoms with Gasteiger partial charge in [0.25, 0.3) is 0 Å². The highest BCUT2D eigenvalue weighted by atomic mass is 33.1. The fraction of sp³-hybridized carbons (Fsp3) is 0.833. The summed E-state index contributed by atoms with van der Waals surface area (Å²) in [7, 11) is 3.63. The molecule has 0 heterocycles. The van der Waals surface area contributed by atoms with E-state index in [0.29, 0.717) is 5.25 Å². The second-order valence-corrected chi connectivity index (χ2v) is 4.68. The average Bonchev–Trinajstić information content (AvgIpc) is 1.98. The summed E-state index contributed by atoms with van der Waals surface area (Å²) in [6.45, 7) is 2.97. The lowest BCUT2D eigenvalue weighted by Crippen LogP contribution is -2.02. The molecule has 0 aliphatic rings. The van der Waals surface area contributed by atoms with Crippen LogP contribution in [-0.4, -0.2) is 23.2 Å². The number of nitrogens with zero attached hydrogens (tertiary/aromatic N) is 1. The third kappa shape index (κ3) is 5.30. The minimum atomic E-state index is 0.602. The van der Waals surface area contributed by atoms with E-state index in [-0.39, 0.29) is 0 Å². The van der Waals surface area contributed by atoms with Crippen LogP contribution in [0.1, 0.15) is 13.3 Å². The van der Waals surface area contributed by atoms with E-state index in [9.17, 15) is 0 Å². The molecule has 0 aliphatic heterocycles. The second kappa shape index (κ2) is 7.61. The van der Waals surface area contributed by atoms with Crippen LogP contribution in [0.5, 0.6) is 0 Å². The molecule has 0 unspecified atom stereocenters. The van der Waals surface area contributed by atoms with E-state index in [1.54, 1.807) is 10.8 Å². The number of aliphatic imine (C=N–C) groups is 1. The minimum Gasteiger partial charge on any atom is -0.231 e. The van der Waals surface area contributed by atoms with Crippen LogP contribution in [0.4, 0.5) is 0 Å². The van der Waals surface area contributed by atoms with Gasteiger partial charge in [0.2, 0.25) is 0 Å². The summed E-state index contributed by atoms with van der Waals surface area (Å²) in [6, 6.07) is 0. The van der Waals surface area contributed by atoms with Gasteiger partial charge in [-0.15, -0.1) is 0 Å². The molecule has 0 N–H and O–H groups in total. The molecular weight excluding hydrogens is 182 g/mol. The zero-order chi connectivity index (χ0) is 7.82. The molecule has 0 aromatic rings. The Hall–Kier alpha value is 0.500. The van der Waals surface area contributed by atoms with Gasteiger partial charge in [-0.05, 0) is 24.9 Å². The van der Waals surface area contributed by atoms with Crippen molar-refractivity contribution in [3.05, 3.63) is 0 Å². The molecule has 0 saturated carbocycles. The molecule has 58 valence electrons. The van der Waals surface area contributed by atoms with Crippen molar-refractivity contribution in [2.24, 2.45) is 4.99 Å². The lowest BCUT2D eigenvalue weighted by atomic mass is 10.3. The van der Waals surface area contributed by atoms with Crippen molar-refractivity contribution in [3.8, 4) is 0 Å². The normalized spacial score (nSPS) is 12.2. The van der Waals surface area contributed by atoms with Gasteiger partial charge in [-0.1, -0.05) is 28.5 Å². The van der Waals surface area contributed by atoms with Gasteiger partial charge >= 0.3 is 0 Å². The van der Waals surface area contributed by atoms with E-state index in [1.807, 2.05) is 10.8 Å². The molecular formula is C6H11NS3. The van der Waals surface area contributed by atoms with E-state index in [2.05, 4.69) is 35.6 Å². The van der Waals surface area contributed by atoms with E-state index < -0.39 is 0 Å². The molecule has 4 heteroatoms.